The summed E-state index contributed by atoms with van der Waals surface area (Å²) in [6.45, 7) is 3.92. The molecule has 82 valence electrons. The zero-order valence-corrected chi connectivity index (χ0v) is 9.10. The Hall–Kier alpha value is -1.23. The molecule has 2 heterocycles. The van der Waals surface area contributed by atoms with E-state index in [2.05, 4.69) is 22.4 Å². The van der Waals surface area contributed by atoms with E-state index in [-0.39, 0.29) is 11.7 Å². The van der Waals surface area contributed by atoms with E-state index < -0.39 is 0 Å². The molecular formula is C10H16N4O. The Balaban J connectivity index is 2.07. The molecule has 1 N–H and O–H groups in total. The van der Waals surface area contributed by atoms with E-state index in [0.717, 1.165) is 19.5 Å². The minimum absolute atomic E-state index is 0.0606. The second-order valence-electron chi connectivity index (χ2n) is 4.28. The van der Waals surface area contributed by atoms with Crippen molar-refractivity contribution in [3.8, 4) is 0 Å². The van der Waals surface area contributed by atoms with Gasteiger partial charge in [0.15, 0.2) is 5.78 Å². The van der Waals surface area contributed by atoms with Crippen LogP contribution in [-0.4, -0.2) is 33.9 Å². The van der Waals surface area contributed by atoms with Gasteiger partial charge in [-0.2, -0.15) is 15.0 Å². The summed E-state index contributed by atoms with van der Waals surface area (Å²) >= 11 is 0. The molecule has 1 aliphatic rings. The largest absolute Gasteiger partial charge is 0.316 e. The summed E-state index contributed by atoms with van der Waals surface area (Å²) in [5.41, 5.74) is 0.485. The molecule has 1 saturated heterocycles. The molecule has 0 bridgehead atoms. The second-order valence-corrected chi connectivity index (χ2v) is 4.28. The molecule has 0 spiro atoms. The molecule has 2 atom stereocenters. The summed E-state index contributed by atoms with van der Waals surface area (Å²) in [5.74, 6) is 0.733. The molecule has 1 aromatic rings. The van der Waals surface area contributed by atoms with Gasteiger partial charge in [0.1, 0.15) is 5.69 Å². The van der Waals surface area contributed by atoms with Gasteiger partial charge in [0.2, 0.25) is 0 Å². The molecule has 5 heteroatoms. The molecule has 0 amide bonds. The molecule has 0 radical (unpaired) electrons. The van der Waals surface area contributed by atoms with Gasteiger partial charge in [-0.25, -0.2) is 0 Å². The summed E-state index contributed by atoms with van der Waals surface area (Å²) in [7, 11) is 1.72. The number of carbonyl (C=O) groups excluding carboxylic acids is 1. The van der Waals surface area contributed by atoms with Gasteiger partial charge in [-0.1, -0.05) is 6.92 Å². The SMILES string of the molecule is CC1CNCC(C(=O)c2cnn(C)n2)C1. The van der Waals surface area contributed by atoms with Crippen molar-refractivity contribution in [2.45, 2.75) is 13.3 Å². The van der Waals surface area contributed by atoms with Crippen LogP contribution in [0.4, 0.5) is 0 Å². The number of rotatable bonds is 2. The van der Waals surface area contributed by atoms with Crippen LogP contribution in [0.2, 0.25) is 0 Å². The van der Waals surface area contributed by atoms with Gasteiger partial charge in [0.25, 0.3) is 0 Å². The van der Waals surface area contributed by atoms with Gasteiger partial charge in [-0.05, 0) is 18.9 Å². The average molecular weight is 208 g/mol. The van der Waals surface area contributed by atoms with E-state index in [9.17, 15) is 4.79 Å². The fraction of sp³-hybridized carbons (Fsp3) is 0.700. The van der Waals surface area contributed by atoms with Gasteiger partial charge < -0.3 is 5.32 Å². The Morgan fingerprint density at radius 2 is 2.40 bits per heavy atom. The number of Topliss-reactive ketones (excluding diaryl/α,β-unsaturated/α-hetero) is 1. The lowest BCUT2D eigenvalue weighted by Crippen LogP contribution is -2.38. The zero-order chi connectivity index (χ0) is 10.8. The minimum Gasteiger partial charge on any atom is -0.316 e. The first kappa shape index (κ1) is 10.3. The van der Waals surface area contributed by atoms with Gasteiger partial charge in [0, 0.05) is 19.5 Å². The van der Waals surface area contributed by atoms with E-state index in [1.54, 1.807) is 13.2 Å². The minimum atomic E-state index is 0.0606. The van der Waals surface area contributed by atoms with Crippen LogP contribution >= 0.6 is 0 Å². The lowest BCUT2D eigenvalue weighted by Gasteiger charge is -2.25. The molecule has 0 aromatic carbocycles. The molecule has 0 aliphatic carbocycles. The number of hydrogen-bond donors (Lipinski definition) is 1. The lowest BCUT2D eigenvalue weighted by atomic mass is 9.88. The third-order valence-corrected chi connectivity index (χ3v) is 2.79. The normalized spacial score (nSPS) is 26.5. The van der Waals surface area contributed by atoms with Crippen LogP contribution in [0.3, 0.4) is 0 Å². The monoisotopic (exact) mass is 208 g/mol. The summed E-state index contributed by atoms with van der Waals surface area (Å²) in [6, 6.07) is 0. The van der Waals surface area contributed by atoms with Crippen LogP contribution in [0.25, 0.3) is 0 Å². The zero-order valence-electron chi connectivity index (χ0n) is 9.10. The molecule has 15 heavy (non-hydrogen) atoms. The molecule has 0 saturated carbocycles. The highest BCUT2D eigenvalue weighted by molar-refractivity contribution is 5.95. The Kier molecular flexibility index (Phi) is 2.81. The second kappa shape index (κ2) is 4.10. The van der Waals surface area contributed by atoms with Gasteiger partial charge >= 0.3 is 0 Å². The van der Waals surface area contributed by atoms with Crippen molar-refractivity contribution in [2.75, 3.05) is 13.1 Å². The number of ketones is 1. The summed E-state index contributed by atoms with van der Waals surface area (Å²) < 4.78 is 0. The van der Waals surface area contributed by atoms with Gasteiger partial charge in [0.05, 0.1) is 6.20 Å². The van der Waals surface area contributed by atoms with E-state index in [4.69, 9.17) is 0 Å². The molecule has 1 aromatic heterocycles. The molecule has 1 fully saturated rings. The summed E-state index contributed by atoms with van der Waals surface area (Å²) in [4.78, 5) is 13.4. The Labute approximate surface area is 88.9 Å². The highest BCUT2D eigenvalue weighted by Crippen LogP contribution is 2.19. The maximum absolute atomic E-state index is 12.0. The first-order chi connectivity index (χ1) is 7.16. The van der Waals surface area contributed by atoms with Crippen molar-refractivity contribution >= 4 is 5.78 Å². The van der Waals surface area contributed by atoms with E-state index >= 15 is 0 Å². The van der Waals surface area contributed by atoms with Crippen molar-refractivity contribution in [3.05, 3.63) is 11.9 Å². The van der Waals surface area contributed by atoms with Crippen molar-refractivity contribution in [2.24, 2.45) is 18.9 Å². The van der Waals surface area contributed by atoms with Gasteiger partial charge in [-0.3, -0.25) is 4.79 Å². The van der Waals surface area contributed by atoms with Crippen molar-refractivity contribution in [1.82, 2.24) is 20.3 Å². The van der Waals surface area contributed by atoms with Crippen LogP contribution in [0, 0.1) is 11.8 Å². The maximum atomic E-state index is 12.0. The summed E-state index contributed by atoms with van der Waals surface area (Å²) in [5, 5.41) is 11.2. The Bertz CT molecular complexity index is 360. The molecular weight excluding hydrogens is 192 g/mol. The van der Waals surface area contributed by atoms with Crippen LogP contribution in [0.15, 0.2) is 6.20 Å². The number of carbonyl (C=O) groups is 1. The first-order valence-electron chi connectivity index (χ1n) is 5.28. The number of hydrogen-bond acceptors (Lipinski definition) is 4. The number of aromatic nitrogens is 3. The third-order valence-electron chi connectivity index (χ3n) is 2.79. The summed E-state index contributed by atoms with van der Waals surface area (Å²) in [6.07, 6.45) is 2.49. The predicted octanol–water partition coefficient (Wildman–Crippen LogP) is 0.243. The Morgan fingerprint density at radius 1 is 1.60 bits per heavy atom. The van der Waals surface area contributed by atoms with Crippen LogP contribution < -0.4 is 5.32 Å². The van der Waals surface area contributed by atoms with Crippen molar-refractivity contribution in [3.63, 3.8) is 0 Å². The van der Waals surface area contributed by atoms with Gasteiger partial charge in [-0.15, -0.1) is 0 Å². The number of aryl methyl sites for hydroxylation is 1. The third kappa shape index (κ3) is 2.23. The molecule has 2 unspecified atom stereocenters. The number of nitrogens with one attached hydrogen (secondary N) is 1. The van der Waals surface area contributed by atoms with Crippen LogP contribution in [-0.2, 0) is 7.05 Å². The quantitative estimate of drug-likeness (QED) is 0.707. The average Bonchev–Trinajstić information content (AvgIpc) is 2.64. The lowest BCUT2D eigenvalue weighted by molar-refractivity contribution is 0.0875. The topological polar surface area (TPSA) is 59.8 Å². The fourth-order valence-corrected chi connectivity index (χ4v) is 2.02. The van der Waals surface area contributed by atoms with E-state index in [1.165, 1.54) is 4.80 Å². The molecule has 1 aliphatic heterocycles. The van der Waals surface area contributed by atoms with Crippen LogP contribution in [0.5, 0.6) is 0 Å². The predicted molar refractivity (Wildman–Crippen MR) is 55.5 cm³/mol. The smallest absolute Gasteiger partial charge is 0.189 e. The fourth-order valence-electron chi connectivity index (χ4n) is 2.02. The number of nitrogens with zero attached hydrogens (tertiary/aromatic N) is 3. The molecule has 5 nitrogen and oxygen atoms in total. The van der Waals surface area contributed by atoms with Crippen LogP contribution in [0.1, 0.15) is 23.8 Å². The highest BCUT2D eigenvalue weighted by Gasteiger charge is 2.27. The standard InChI is InChI=1S/C10H16N4O/c1-7-3-8(5-11-4-7)10(15)9-6-12-14(2)13-9/h6-8,11H,3-5H2,1-2H3. The van der Waals surface area contributed by atoms with E-state index in [1.807, 2.05) is 0 Å². The first-order valence-corrected chi connectivity index (χ1v) is 5.28. The Morgan fingerprint density at radius 3 is 3.00 bits per heavy atom. The molecule has 2 rings (SSSR count). The van der Waals surface area contributed by atoms with Crippen molar-refractivity contribution < 1.29 is 4.79 Å². The van der Waals surface area contributed by atoms with E-state index in [0.29, 0.717) is 11.6 Å². The highest BCUT2D eigenvalue weighted by atomic mass is 16.1. The van der Waals surface area contributed by atoms with Crippen molar-refractivity contribution in [1.29, 1.82) is 0 Å². The maximum Gasteiger partial charge on any atom is 0.189 e. The number of piperidine rings is 1.